The summed E-state index contributed by atoms with van der Waals surface area (Å²) in [5.74, 6) is -0.897. The molecule has 4 rings (SSSR count). The number of esters is 1. The molecule has 0 heterocycles. The van der Waals surface area contributed by atoms with Gasteiger partial charge in [-0.05, 0) is 72.7 Å². The van der Waals surface area contributed by atoms with Crippen molar-refractivity contribution in [1.82, 2.24) is 5.32 Å². The Balaban J connectivity index is 1.25. The van der Waals surface area contributed by atoms with Gasteiger partial charge >= 0.3 is 11.9 Å². The molecule has 0 bridgehead atoms. The highest BCUT2D eigenvalue weighted by Gasteiger charge is 2.26. The van der Waals surface area contributed by atoms with E-state index in [0.717, 1.165) is 12.8 Å². The molecule has 0 aromatic heterocycles. The topological polar surface area (TPSA) is 149 Å². The SMILES string of the molecule is CCCCCCCOc1ccc(C(=O)OC2C=CC(CC(NC(=O)c3ccc(NC(=O)Cc4ccc(OC)cc4OC)cc3)C(=O)O)=CC2C)cc1. The van der Waals surface area contributed by atoms with E-state index < -0.39 is 30.0 Å². The second-order valence-corrected chi connectivity index (χ2v) is 12.7. The minimum absolute atomic E-state index is 0.0333. The predicted octanol–water partition coefficient (Wildman–Crippen LogP) is 7.17. The molecule has 3 aromatic carbocycles. The number of carbonyl (C=O) groups excluding carboxylic acids is 3. The fourth-order valence-corrected chi connectivity index (χ4v) is 5.70. The molecule has 0 spiro atoms. The summed E-state index contributed by atoms with van der Waals surface area (Å²) in [5, 5.41) is 15.3. The van der Waals surface area contributed by atoms with Gasteiger partial charge in [0.15, 0.2) is 0 Å². The van der Waals surface area contributed by atoms with Gasteiger partial charge in [0.05, 0.1) is 32.8 Å². The Labute approximate surface area is 305 Å². The number of rotatable bonds is 19. The number of anilines is 1. The number of allylic oxidation sites excluding steroid dienone is 1. The van der Waals surface area contributed by atoms with Crippen LogP contribution in [-0.2, 0) is 20.7 Å². The van der Waals surface area contributed by atoms with Crippen LogP contribution < -0.4 is 24.8 Å². The van der Waals surface area contributed by atoms with Crippen molar-refractivity contribution < 1.29 is 43.2 Å². The molecule has 1 aliphatic rings. The van der Waals surface area contributed by atoms with Gasteiger partial charge in [-0.1, -0.05) is 57.7 Å². The van der Waals surface area contributed by atoms with Gasteiger partial charge in [0.2, 0.25) is 5.91 Å². The van der Waals surface area contributed by atoms with Gasteiger partial charge in [0.25, 0.3) is 5.91 Å². The van der Waals surface area contributed by atoms with E-state index in [1.165, 1.54) is 38.5 Å². The molecule has 0 fully saturated rings. The number of hydrogen-bond acceptors (Lipinski definition) is 8. The maximum atomic E-state index is 13.0. The van der Waals surface area contributed by atoms with Crippen LogP contribution in [0.1, 0.15) is 78.7 Å². The first-order valence-electron chi connectivity index (χ1n) is 17.6. The molecule has 0 aliphatic heterocycles. The molecule has 0 radical (unpaired) electrons. The Morgan fingerprint density at radius 1 is 0.846 bits per heavy atom. The van der Waals surface area contributed by atoms with Crippen LogP contribution in [0.2, 0.25) is 0 Å². The molecule has 3 aromatic rings. The van der Waals surface area contributed by atoms with Crippen LogP contribution in [0, 0.1) is 5.92 Å². The van der Waals surface area contributed by atoms with Crippen molar-refractivity contribution in [3.63, 3.8) is 0 Å². The molecule has 2 amide bonds. The number of carboxylic acid groups (broad SMARTS) is 1. The molecule has 52 heavy (non-hydrogen) atoms. The van der Waals surface area contributed by atoms with E-state index in [1.54, 1.807) is 73.9 Å². The summed E-state index contributed by atoms with van der Waals surface area (Å²) in [4.78, 5) is 50.7. The average Bonchev–Trinajstić information content (AvgIpc) is 3.14. The van der Waals surface area contributed by atoms with Gasteiger partial charge in [-0.2, -0.15) is 0 Å². The van der Waals surface area contributed by atoms with Gasteiger partial charge < -0.3 is 34.7 Å². The van der Waals surface area contributed by atoms with Crippen molar-refractivity contribution in [2.75, 3.05) is 26.1 Å². The number of aliphatic carboxylic acids is 1. The second kappa shape index (κ2) is 19.7. The third-order valence-corrected chi connectivity index (χ3v) is 8.66. The number of nitrogens with one attached hydrogen (secondary N) is 2. The van der Waals surface area contributed by atoms with Crippen LogP contribution in [0.3, 0.4) is 0 Å². The number of hydrogen-bond donors (Lipinski definition) is 3. The van der Waals surface area contributed by atoms with Crippen molar-refractivity contribution in [3.8, 4) is 17.2 Å². The summed E-state index contributed by atoms with van der Waals surface area (Å²) in [5.41, 5.74) is 2.48. The summed E-state index contributed by atoms with van der Waals surface area (Å²) in [6.45, 7) is 4.70. The zero-order chi connectivity index (χ0) is 37.5. The predicted molar refractivity (Wildman–Crippen MR) is 198 cm³/mol. The second-order valence-electron chi connectivity index (χ2n) is 12.7. The molecule has 11 nitrogen and oxygen atoms in total. The largest absolute Gasteiger partial charge is 0.497 e. The van der Waals surface area contributed by atoms with E-state index in [-0.39, 0.29) is 30.2 Å². The Kier molecular flexibility index (Phi) is 14.9. The van der Waals surface area contributed by atoms with Gasteiger partial charge in [-0.25, -0.2) is 9.59 Å². The lowest BCUT2D eigenvalue weighted by Gasteiger charge is -2.24. The molecule has 3 N–H and O–H groups in total. The van der Waals surface area contributed by atoms with Crippen LogP contribution >= 0.6 is 0 Å². The van der Waals surface area contributed by atoms with E-state index in [2.05, 4.69) is 17.6 Å². The number of ether oxygens (including phenoxy) is 4. The Hall–Kier alpha value is -5.58. The molecular formula is C41H48N2O9. The summed E-state index contributed by atoms with van der Waals surface area (Å²) in [6, 6.07) is 17.0. The lowest BCUT2D eigenvalue weighted by molar-refractivity contribution is -0.139. The lowest BCUT2D eigenvalue weighted by atomic mass is 9.91. The highest BCUT2D eigenvalue weighted by Crippen LogP contribution is 2.26. The Bertz CT molecular complexity index is 1730. The maximum Gasteiger partial charge on any atom is 0.338 e. The van der Waals surface area contributed by atoms with Gasteiger partial charge in [0, 0.05) is 35.2 Å². The molecular weight excluding hydrogens is 664 g/mol. The first-order chi connectivity index (χ1) is 25.1. The smallest absolute Gasteiger partial charge is 0.338 e. The summed E-state index contributed by atoms with van der Waals surface area (Å²) in [6.07, 6.45) is 10.6. The molecule has 11 heteroatoms. The standard InChI is InChI=1S/C41H48N2O9/c1-5-6-7-8-9-22-51-33-18-13-30(14-19-33)41(48)52-36-21-10-28(23-27(36)2)24-35(40(46)47)43-39(45)29-11-16-32(17-12-29)42-38(44)25-31-15-20-34(49-3)26-37(31)50-4/h10-21,23,26-27,35-36H,5-9,22,24-25H2,1-4H3,(H,42,44)(H,43,45)(H,46,47). The molecule has 276 valence electrons. The van der Waals surface area contributed by atoms with Crippen molar-refractivity contribution in [1.29, 1.82) is 0 Å². The third kappa shape index (κ3) is 11.8. The highest BCUT2D eigenvalue weighted by atomic mass is 16.5. The molecule has 1 aliphatic carbocycles. The first-order valence-corrected chi connectivity index (χ1v) is 17.6. The number of unbranched alkanes of at least 4 members (excludes halogenated alkanes) is 4. The number of amides is 2. The van der Waals surface area contributed by atoms with Crippen LogP contribution in [0.4, 0.5) is 5.69 Å². The Morgan fingerprint density at radius 3 is 2.19 bits per heavy atom. The Morgan fingerprint density at radius 2 is 1.54 bits per heavy atom. The van der Waals surface area contributed by atoms with Crippen molar-refractivity contribution >= 4 is 29.4 Å². The minimum atomic E-state index is -1.20. The van der Waals surface area contributed by atoms with Crippen molar-refractivity contribution in [2.24, 2.45) is 5.92 Å². The zero-order valence-electron chi connectivity index (χ0n) is 30.2. The fraction of sp³-hybridized carbons (Fsp3) is 0.366. The van der Waals surface area contributed by atoms with Gasteiger partial charge in [0.1, 0.15) is 29.4 Å². The average molecular weight is 713 g/mol. The summed E-state index contributed by atoms with van der Waals surface area (Å²) in [7, 11) is 3.06. The van der Waals surface area contributed by atoms with Crippen LogP contribution in [0.15, 0.2) is 90.5 Å². The third-order valence-electron chi connectivity index (χ3n) is 8.66. The van der Waals surface area contributed by atoms with E-state index in [4.69, 9.17) is 18.9 Å². The van der Waals surface area contributed by atoms with Crippen LogP contribution in [0.5, 0.6) is 17.2 Å². The first kappa shape index (κ1) is 39.2. The zero-order valence-corrected chi connectivity index (χ0v) is 30.2. The summed E-state index contributed by atoms with van der Waals surface area (Å²) < 4.78 is 22.1. The number of benzene rings is 3. The number of methoxy groups -OCH3 is 2. The van der Waals surface area contributed by atoms with E-state index in [9.17, 15) is 24.3 Å². The van der Waals surface area contributed by atoms with Gasteiger partial charge in [-0.15, -0.1) is 0 Å². The normalized spacial score (nSPS) is 15.5. The number of carboxylic acids is 1. The molecule has 0 saturated heterocycles. The van der Waals surface area contributed by atoms with E-state index in [0.29, 0.717) is 46.2 Å². The quantitative estimate of drug-likeness (QED) is 0.0869. The van der Waals surface area contributed by atoms with Gasteiger partial charge in [-0.3, -0.25) is 9.59 Å². The monoisotopic (exact) mass is 712 g/mol. The number of carbonyl (C=O) groups is 4. The molecule has 3 atom stereocenters. The van der Waals surface area contributed by atoms with Crippen LogP contribution in [-0.4, -0.2) is 61.8 Å². The van der Waals surface area contributed by atoms with Crippen molar-refractivity contribution in [2.45, 2.75) is 70.9 Å². The molecule has 3 unspecified atom stereocenters. The molecule has 0 saturated carbocycles. The van der Waals surface area contributed by atoms with E-state index >= 15 is 0 Å². The fourth-order valence-electron chi connectivity index (χ4n) is 5.70. The highest BCUT2D eigenvalue weighted by molar-refractivity contribution is 5.98. The van der Waals surface area contributed by atoms with E-state index in [1.807, 2.05) is 13.0 Å². The maximum absolute atomic E-state index is 13.0. The summed E-state index contributed by atoms with van der Waals surface area (Å²) >= 11 is 0. The lowest BCUT2D eigenvalue weighted by Crippen LogP contribution is -2.41. The van der Waals surface area contributed by atoms with Crippen molar-refractivity contribution in [3.05, 3.63) is 107 Å². The van der Waals surface area contributed by atoms with Crippen LogP contribution in [0.25, 0.3) is 0 Å². The minimum Gasteiger partial charge on any atom is -0.497 e.